The van der Waals surface area contributed by atoms with Gasteiger partial charge in [-0.25, -0.2) is 16.8 Å². The molecule has 0 amide bonds. The van der Waals surface area contributed by atoms with Crippen molar-refractivity contribution >= 4 is 25.7 Å². The van der Waals surface area contributed by atoms with Crippen LogP contribution in [0.2, 0.25) is 0 Å². The smallest absolute Gasteiger partial charge is 0.261 e. The summed E-state index contributed by atoms with van der Waals surface area (Å²) in [5, 5.41) is 0. The Bertz CT molecular complexity index is 1350. The number of benzene rings is 3. The van der Waals surface area contributed by atoms with E-state index in [1.807, 2.05) is 13.0 Å². The highest BCUT2D eigenvalue weighted by Gasteiger charge is 2.28. The van der Waals surface area contributed by atoms with Crippen LogP contribution in [-0.4, -0.2) is 34.8 Å². The maximum Gasteiger partial charge on any atom is 0.261 e. The van der Waals surface area contributed by atoms with Crippen LogP contribution in [0, 0.1) is 0 Å². The molecule has 0 fully saturated rings. The second kappa shape index (κ2) is 9.17. The first-order valence-electron chi connectivity index (χ1n) is 10.6. The zero-order valence-electron chi connectivity index (χ0n) is 18.5. The fraction of sp³-hybridized carbons (Fsp3) is 0.250. The van der Waals surface area contributed by atoms with Gasteiger partial charge in [-0.2, -0.15) is 4.31 Å². The Morgan fingerprint density at radius 3 is 2.18 bits per heavy atom. The van der Waals surface area contributed by atoms with Crippen molar-refractivity contribution in [3.8, 4) is 5.75 Å². The largest absolute Gasteiger partial charge is 0.497 e. The monoisotopic (exact) mass is 486 g/mol. The number of anilines is 1. The Balaban J connectivity index is 1.55. The molecule has 33 heavy (non-hydrogen) atoms. The van der Waals surface area contributed by atoms with Gasteiger partial charge < -0.3 is 4.74 Å². The van der Waals surface area contributed by atoms with Gasteiger partial charge in [0.15, 0.2) is 0 Å². The van der Waals surface area contributed by atoms with E-state index in [0.717, 1.165) is 23.1 Å². The highest BCUT2D eigenvalue weighted by Crippen LogP contribution is 2.28. The van der Waals surface area contributed by atoms with E-state index in [0.29, 0.717) is 24.4 Å². The number of aryl methyl sites for hydroxylation is 1. The van der Waals surface area contributed by atoms with Crippen LogP contribution in [0.5, 0.6) is 5.75 Å². The lowest BCUT2D eigenvalue weighted by atomic mass is 10.0. The molecule has 0 saturated heterocycles. The molecule has 0 spiro atoms. The fourth-order valence-electron chi connectivity index (χ4n) is 3.82. The normalized spacial score (nSPS) is 14.5. The minimum Gasteiger partial charge on any atom is -0.497 e. The van der Waals surface area contributed by atoms with Gasteiger partial charge in [0, 0.05) is 18.8 Å². The van der Waals surface area contributed by atoms with Crippen molar-refractivity contribution in [2.24, 2.45) is 0 Å². The number of rotatable bonds is 7. The molecule has 3 aromatic carbocycles. The molecule has 1 N–H and O–H groups in total. The van der Waals surface area contributed by atoms with Gasteiger partial charge in [0.05, 0.1) is 16.9 Å². The second-order valence-electron chi connectivity index (χ2n) is 7.85. The van der Waals surface area contributed by atoms with E-state index in [1.165, 1.54) is 23.5 Å². The molecular weight excluding hydrogens is 460 g/mol. The van der Waals surface area contributed by atoms with E-state index < -0.39 is 20.0 Å². The van der Waals surface area contributed by atoms with E-state index >= 15 is 0 Å². The SMILES string of the molecule is CCc1ccc(S(=O)(=O)Nc2ccc3c(c2)CN(S(=O)(=O)c2ccc(OC)cc2)CC3)cc1. The minimum atomic E-state index is -3.75. The standard InChI is InChI=1S/C24H26N2O5S2/c1-3-18-4-10-23(11-5-18)32(27,28)25-21-7-6-19-14-15-26(17-20(19)16-21)33(29,30)24-12-8-22(31-2)9-13-24/h4-13,16,25H,3,14-15,17H2,1-2H3. The number of sulfonamides is 2. The summed E-state index contributed by atoms with van der Waals surface area (Å²) in [7, 11) is -5.91. The highest BCUT2D eigenvalue weighted by atomic mass is 32.2. The van der Waals surface area contributed by atoms with Crippen LogP contribution in [0.1, 0.15) is 23.6 Å². The molecule has 174 valence electrons. The Kier molecular flexibility index (Phi) is 6.47. The lowest BCUT2D eigenvalue weighted by molar-refractivity contribution is 0.391. The van der Waals surface area contributed by atoms with Crippen molar-refractivity contribution < 1.29 is 21.6 Å². The Morgan fingerprint density at radius 2 is 1.55 bits per heavy atom. The highest BCUT2D eigenvalue weighted by molar-refractivity contribution is 7.92. The van der Waals surface area contributed by atoms with Crippen LogP contribution in [0.15, 0.2) is 76.5 Å². The summed E-state index contributed by atoms with van der Waals surface area (Å²) < 4.78 is 61.0. The van der Waals surface area contributed by atoms with Gasteiger partial charge in [-0.1, -0.05) is 25.1 Å². The van der Waals surface area contributed by atoms with Crippen LogP contribution >= 0.6 is 0 Å². The van der Waals surface area contributed by atoms with Crippen LogP contribution in [0.25, 0.3) is 0 Å². The molecule has 0 bridgehead atoms. The number of ether oxygens (including phenoxy) is 1. The van der Waals surface area contributed by atoms with Gasteiger partial charge in [0.25, 0.3) is 10.0 Å². The molecule has 0 aromatic heterocycles. The second-order valence-corrected chi connectivity index (χ2v) is 11.5. The molecular formula is C24H26N2O5S2. The number of hydrogen-bond donors (Lipinski definition) is 1. The van der Waals surface area contributed by atoms with Crippen LogP contribution in [0.4, 0.5) is 5.69 Å². The zero-order chi connectivity index (χ0) is 23.6. The van der Waals surface area contributed by atoms with Gasteiger partial charge >= 0.3 is 0 Å². The Labute approximate surface area is 195 Å². The summed E-state index contributed by atoms with van der Waals surface area (Å²) in [6, 6.07) is 18.3. The minimum absolute atomic E-state index is 0.171. The molecule has 0 unspecified atom stereocenters. The summed E-state index contributed by atoms with van der Waals surface area (Å²) in [5.74, 6) is 0.583. The first kappa shape index (κ1) is 23.3. The molecule has 0 aliphatic carbocycles. The number of hydrogen-bond acceptors (Lipinski definition) is 5. The van der Waals surface area contributed by atoms with Crippen molar-refractivity contribution in [1.29, 1.82) is 0 Å². The van der Waals surface area contributed by atoms with Crippen molar-refractivity contribution in [3.63, 3.8) is 0 Å². The van der Waals surface area contributed by atoms with Crippen LogP contribution in [-0.2, 0) is 39.4 Å². The summed E-state index contributed by atoms with van der Waals surface area (Å²) in [6.07, 6.45) is 1.38. The molecule has 1 heterocycles. The predicted octanol–water partition coefficient (Wildman–Crippen LogP) is 3.81. The fourth-order valence-corrected chi connectivity index (χ4v) is 6.28. The third-order valence-electron chi connectivity index (χ3n) is 5.77. The van der Waals surface area contributed by atoms with Crippen molar-refractivity contribution in [1.82, 2.24) is 4.31 Å². The topological polar surface area (TPSA) is 92.8 Å². The molecule has 9 heteroatoms. The van der Waals surface area contributed by atoms with E-state index in [9.17, 15) is 16.8 Å². The zero-order valence-corrected chi connectivity index (χ0v) is 20.1. The van der Waals surface area contributed by atoms with Crippen molar-refractivity contribution in [2.45, 2.75) is 36.1 Å². The maximum absolute atomic E-state index is 13.1. The van der Waals surface area contributed by atoms with Gasteiger partial charge in [-0.3, -0.25) is 4.72 Å². The van der Waals surface area contributed by atoms with Crippen molar-refractivity contribution in [2.75, 3.05) is 18.4 Å². The molecule has 7 nitrogen and oxygen atoms in total. The molecule has 1 aliphatic rings. The number of methoxy groups -OCH3 is 1. The van der Waals surface area contributed by atoms with Gasteiger partial charge in [-0.05, 0) is 78.1 Å². The summed E-state index contributed by atoms with van der Waals surface area (Å²) in [6.45, 7) is 2.54. The average molecular weight is 487 g/mol. The molecule has 4 rings (SSSR count). The third kappa shape index (κ3) is 4.90. The summed E-state index contributed by atoms with van der Waals surface area (Å²) >= 11 is 0. The maximum atomic E-state index is 13.1. The lowest BCUT2D eigenvalue weighted by Crippen LogP contribution is -2.36. The van der Waals surface area contributed by atoms with E-state index in [1.54, 1.807) is 48.5 Å². The number of nitrogens with zero attached hydrogens (tertiary/aromatic N) is 1. The van der Waals surface area contributed by atoms with Crippen LogP contribution in [0.3, 0.4) is 0 Å². The Hall–Kier alpha value is -2.88. The molecule has 0 radical (unpaired) electrons. The van der Waals surface area contributed by atoms with E-state index in [4.69, 9.17) is 4.74 Å². The number of fused-ring (bicyclic) bond motifs is 1. The quantitative estimate of drug-likeness (QED) is 0.548. The van der Waals surface area contributed by atoms with E-state index in [-0.39, 0.29) is 16.3 Å². The summed E-state index contributed by atoms with van der Waals surface area (Å²) in [5.41, 5.74) is 3.24. The predicted molar refractivity (Wildman–Crippen MR) is 127 cm³/mol. The lowest BCUT2D eigenvalue weighted by Gasteiger charge is -2.28. The first-order chi connectivity index (χ1) is 15.7. The van der Waals surface area contributed by atoms with E-state index in [2.05, 4.69) is 4.72 Å². The third-order valence-corrected chi connectivity index (χ3v) is 9.03. The molecule has 0 atom stereocenters. The number of nitrogens with one attached hydrogen (secondary N) is 1. The molecule has 0 saturated carbocycles. The molecule has 3 aromatic rings. The molecule has 1 aliphatic heterocycles. The van der Waals surface area contributed by atoms with Gasteiger partial charge in [0.2, 0.25) is 10.0 Å². The Morgan fingerprint density at radius 1 is 0.879 bits per heavy atom. The van der Waals surface area contributed by atoms with Gasteiger partial charge in [-0.15, -0.1) is 0 Å². The van der Waals surface area contributed by atoms with Crippen LogP contribution < -0.4 is 9.46 Å². The summed E-state index contributed by atoms with van der Waals surface area (Å²) in [4.78, 5) is 0.375. The first-order valence-corrected chi connectivity index (χ1v) is 13.5. The van der Waals surface area contributed by atoms with Gasteiger partial charge in [0.1, 0.15) is 5.75 Å². The average Bonchev–Trinajstić information content (AvgIpc) is 2.83. The van der Waals surface area contributed by atoms with Crippen molar-refractivity contribution in [3.05, 3.63) is 83.4 Å².